The maximum absolute atomic E-state index is 12.8. The van der Waals surface area contributed by atoms with Crippen molar-refractivity contribution in [2.24, 2.45) is 0 Å². The molecule has 3 heterocycles. The zero-order valence-corrected chi connectivity index (χ0v) is 22.4. The Kier molecular flexibility index (Phi) is 8.35. The number of amides is 1. The van der Waals surface area contributed by atoms with Crippen molar-refractivity contribution >= 4 is 62.8 Å². The molecule has 37 heavy (non-hydrogen) atoms. The first-order chi connectivity index (χ1) is 18.1. The summed E-state index contributed by atoms with van der Waals surface area (Å²) in [6, 6.07) is 20.0. The number of aromatic nitrogens is 2. The van der Waals surface area contributed by atoms with Crippen molar-refractivity contribution < 1.29 is 9.00 Å². The van der Waals surface area contributed by atoms with Crippen LogP contribution in [0.5, 0.6) is 0 Å². The molecule has 0 saturated carbocycles. The first-order valence-corrected chi connectivity index (χ1v) is 14.7. The summed E-state index contributed by atoms with van der Waals surface area (Å²) >= 11 is 8.24. The van der Waals surface area contributed by atoms with E-state index in [4.69, 9.17) is 11.6 Å². The van der Waals surface area contributed by atoms with Gasteiger partial charge in [-0.1, -0.05) is 35.7 Å². The zero-order chi connectivity index (χ0) is 25.6. The summed E-state index contributed by atoms with van der Waals surface area (Å²) in [7, 11) is -0.983. The molecule has 4 aromatic rings. The van der Waals surface area contributed by atoms with Gasteiger partial charge in [-0.15, -0.1) is 0 Å². The lowest BCUT2D eigenvalue weighted by atomic mass is 10.1. The smallest absolute Gasteiger partial charge is 0.255 e. The first-order valence-electron chi connectivity index (χ1n) is 12.0. The van der Waals surface area contributed by atoms with Crippen molar-refractivity contribution in [1.82, 2.24) is 14.7 Å². The Morgan fingerprint density at radius 3 is 2.54 bits per heavy atom. The molecule has 2 fully saturated rings. The topological polar surface area (TPSA) is 87.2 Å². The van der Waals surface area contributed by atoms with E-state index in [9.17, 15) is 9.00 Å². The van der Waals surface area contributed by atoms with Gasteiger partial charge in [-0.05, 0) is 67.4 Å². The fourth-order valence-corrected chi connectivity index (χ4v) is 6.24. The first kappa shape index (κ1) is 25.7. The van der Waals surface area contributed by atoms with Gasteiger partial charge in [0.05, 0.1) is 27.9 Å². The molecular formula is C27H26ClN5O2S2. The molecular weight excluding hydrogens is 526 g/mol. The normalized spacial score (nSPS) is 16.9. The molecule has 1 aromatic heterocycles. The summed E-state index contributed by atoms with van der Waals surface area (Å²) in [6.07, 6.45) is 3.94. The van der Waals surface area contributed by atoms with E-state index >= 15 is 0 Å². The molecule has 0 radical (unpaired) electrons. The van der Waals surface area contributed by atoms with Crippen LogP contribution in [0.15, 0.2) is 72.9 Å². The number of nitrogens with zero attached hydrogens (tertiary/aromatic N) is 3. The predicted octanol–water partition coefficient (Wildman–Crippen LogP) is 5.70. The van der Waals surface area contributed by atoms with Crippen LogP contribution >= 0.6 is 23.5 Å². The lowest BCUT2D eigenvalue weighted by Gasteiger charge is -2.16. The summed E-state index contributed by atoms with van der Waals surface area (Å²) in [5, 5.41) is 3.43. The van der Waals surface area contributed by atoms with Gasteiger partial charge in [0.2, 0.25) is 0 Å². The largest absolute Gasteiger partial charge is 0.322 e. The highest BCUT2D eigenvalue weighted by Crippen LogP contribution is 2.30. The van der Waals surface area contributed by atoms with E-state index in [1.807, 2.05) is 52.7 Å². The lowest BCUT2D eigenvalue weighted by Crippen LogP contribution is -2.19. The third-order valence-corrected chi connectivity index (χ3v) is 8.67. The van der Waals surface area contributed by atoms with Crippen molar-refractivity contribution in [2.45, 2.75) is 12.8 Å². The Bertz CT molecular complexity index is 1420. The lowest BCUT2D eigenvalue weighted by molar-refractivity contribution is 0.102. The van der Waals surface area contributed by atoms with Crippen LogP contribution in [0, 0.1) is 0 Å². The molecule has 190 valence electrons. The molecule has 3 aromatic carbocycles. The number of carbonyl (C=O) groups is 1. The van der Waals surface area contributed by atoms with E-state index in [-0.39, 0.29) is 5.91 Å². The average molecular weight is 552 g/mol. The van der Waals surface area contributed by atoms with Crippen LogP contribution in [-0.2, 0) is 11.0 Å². The van der Waals surface area contributed by atoms with Gasteiger partial charge in [-0.2, -0.15) is 0 Å². The zero-order valence-electron chi connectivity index (χ0n) is 20.0. The van der Waals surface area contributed by atoms with Gasteiger partial charge in [0.15, 0.2) is 0 Å². The average Bonchev–Trinajstić information content (AvgIpc) is 3.65. The number of para-hydroxylation sites is 2. The van der Waals surface area contributed by atoms with Gasteiger partial charge in [0, 0.05) is 47.1 Å². The molecule has 0 bridgehead atoms. The van der Waals surface area contributed by atoms with Crippen LogP contribution in [0.1, 0.15) is 23.2 Å². The number of hydrogen-bond acceptors (Lipinski definition) is 6. The van der Waals surface area contributed by atoms with Crippen LogP contribution in [0.3, 0.4) is 0 Å². The minimum Gasteiger partial charge on any atom is -0.322 e. The summed E-state index contributed by atoms with van der Waals surface area (Å²) in [4.78, 5) is 21.9. The summed E-state index contributed by atoms with van der Waals surface area (Å²) < 4.78 is 17.0. The Hall–Kier alpha value is -2.98. The van der Waals surface area contributed by atoms with Crippen LogP contribution in [0.4, 0.5) is 11.4 Å². The molecule has 2 saturated heterocycles. The van der Waals surface area contributed by atoms with E-state index in [1.165, 1.54) is 18.7 Å². The predicted molar refractivity (Wildman–Crippen MR) is 154 cm³/mol. The Labute approximate surface area is 227 Å². The molecule has 0 aliphatic carbocycles. The molecule has 1 unspecified atom stereocenters. The quantitative estimate of drug-likeness (QED) is 0.316. The fourth-order valence-electron chi connectivity index (χ4n) is 4.02. The van der Waals surface area contributed by atoms with Crippen LogP contribution in [0.25, 0.3) is 22.3 Å². The highest BCUT2D eigenvalue weighted by Gasteiger charge is 2.20. The van der Waals surface area contributed by atoms with Crippen molar-refractivity contribution in [3.8, 4) is 11.3 Å². The van der Waals surface area contributed by atoms with Gasteiger partial charge in [0.1, 0.15) is 11.0 Å². The van der Waals surface area contributed by atoms with Crippen molar-refractivity contribution in [3.05, 3.63) is 83.5 Å². The second kappa shape index (κ2) is 12.0. The Morgan fingerprint density at radius 1 is 1.05 bits per heavy atom. The Balaban J connectivity index is 0.000000503. The maximum atomic E-state index is 12.8. The van der Waals surface area contributed by atoms with E-state index in [2.05, 4.69) is 20.0 Å². The number of hydrogen-bond donors (Lipinski definition) is 2. The number of fused-ring (bicyclic) bond motifs is 1. The van der Waals surface area contributed by atoms with Gasteiger partial charge >= 0.3 is 0 Å². The summed E-state index contributed by atoms with van der Waals surface area (Å²) in [5.41, 5.74) is 4.88. The van der Waals surface area contributed by atoms with Gasteiger partial charge < -0.3 is 5.32 Å². The van der Waals surface area contributed by atoms with Crippen molar-refractivity contribution in [3.63, 3.8) is 0 Å². The molecule has 10 heteroatoms. The molecule has 6 rings (SSSR count). The SMILES string of the molecule is C1CNSC1.O=C(Nc1ccc(Cl)c(-c2cnc3ccccc3n2)c1)c1ccc(N2CCCS2=O)cc1. The van der Waals surface area contributed by atoms with Crippen molar-refractivity contribution in [2.75, 3.05) is 34.2 Å². The molecule has 2 aliphatic heterocycles. The Morgan fingerprint density at radius 2 is 1.86 bits per heavy atom. The molecule has 0 spiro atoms. The highest BCUT2D eigenvalue weighted by molar-refractivity contribution is 7.97. The standard InChI is InChI=1S/C24H19ClN4O2S.C3H7NS/c25-20-11-8-17(14-19(20)23-15-26-21-4-1-2-5-22(21)28-23)27-24(30)16-6-9-18(10-7-16)29-12-3-13-32(29)31;1-2-4-5-3-1/h1-2,4-11,14-15H,3,12-13H2,(H,27,30);4H,1-3H2. The number of halogens is 1. The number of rotatable bonds is 4. The van der Waals surface area contributed by atoms with E-state index in [1.54, 1.807) is 36.5 Å². The second-order valence-electron chi connectivity index (χ2n) is 8.52. The monoisotopic (exact) mass is 551 g/mol. The third kappa shape index (κ3) is 6.30. The number of nitrogens with one attached hydrogen (secondary N) is 2. The van der Waals surface area contributed by atoms with Crippen LogP contribution < -0.4 is 14.3 Å². The van der Waals surface area contributed by atoms with Gasteiger partial charge in [-0.25, -0.2) is 9.19 Å². The minimum absolute atomic E-state index is 0.239. The molecule has 2 aliphatic rings. The highest BCUT2D eigenvalue weighted by atomic mass is 35.5. The number of anilines is 2. The number of benzene rings is 3. The molecule has 2 N–H and O–H groups in total. The van der Waals surface area contributed by atoms with Crippen LogP contribution in [0.2, 0.25) is 5.02 Å². The molecule has 1 amide bonds. The van der Waals surface area contributed by atoms with E-state index in [0.29, 0.717) is 33.3 Å². The van der Waals surface area contributed by atoms with Crippen molar-refractivity contribution in [1.29, 1.82) is 0 Å². The minimum atomic E-state index is -0.983. The summed E-state index contributed by atoms with van der Waals surface area (Å²) in [6.45, 7) is 1.98. The second-order valence-corrected chi connectivity index (χ2v) is 11.4. The maximum Gasteiger partial charge on any atom is 0.255 e. The van der Waals surface area contributed by atoms with E-state index in [0.717, 1.165) is 29.7 Å². The molecule has 7 nitrogen and oxygen atoms in total. The van der Waals surface area contributed by atoms with Crippen LogP contribution in [-0.4, -0.2) is 44.7 Å². The fraction of sp³-hybridized carbons (Fsp3) is 0.222. The number of carbonyl (C=O) groups excluding carboxylic acids is 1. The van der Waals surface area contributed by atoms with E-state index < -0.39 is 11.0 Å². The summed E-state index contributed by atoms with van der Waals surface area (Å²) in [5.74, 6) is 1.75. The third-order valence-electron chi connectivity index (χ3n) is 5.92. The van der Waals surface area contributed by atoms with Gasteiger partial charge in [-0.3, -0.25) is 18.8 Å². The van der Waals surface area contributed by atoms with Gasteiger partial charge in [0.25, 0.3) is 5.91 Å². The molecule has 1 atom stereocenters.